The molecular weight excluding hydrogens is 406 g/mol. The fourth-order valence-corrected chi connectivity index (χ4v) is 2.59. The molecule has 0 saturated carbocycles. The van der Waals surface area contributed by atoms with E-state index >= 15 is 0 Å². The summed E-state index contributed by atoms with van der Waals surface area (Å²) >= 11 is 12.1. The summed E-state index contributed by atoms with van der Waals surface area (Å²) in [6.45, 7) is 2.24. The van der Waals surface area contributed by atoms with Crippen LogP contribution in [0.25, 0.3) is 0 Å². The minimum atomic E-state index is -4.56. The summed E-state index contributed by atoms with van der Waals surface area (Å²) in [5, 5.41) is 8.20. The van der Waals surface area contributed by atoms with Gasteiger partial charge in [-0.3, -0.25) is 0 Å². The average Bonchev–Trinajstić information content (AvgIpc) is 2.96. The van der Waals surface area contributed by atoms with Gasteiger partial charge in [0.15, 0.2) is 5.69 Å². The highest BCUT2D eigenvalue weighted by atomic mass is 35.5. The van der Waals surface area contributed by atoms with Crippen molar-refractivity contribution in [3.05, 3.63) is 45.6 Å². The van der Waals surface area contributed by atoms with Crippen molar-refractivity contribution in [3.63, 3.8) is 0 Å². The zero-order valence-corrected chi connectivity index (χ0v) is 16.2. The van der Waals surface area contributed by atoms with E-state index in [2.05, 4.69) is 10.3 Å². The third-order valence-corrected chi connectivity index (χ3v) is 4.04. The van der Waals surface area contributed by atoms with Crippen LogP contribution in [0.2, 0.25) is 10.0 Å². The molecule has 0 aliphatic rings. The first-order valence-corrected chi connectivity index (χ1v) is 8.86. The van der Waals surface area contributed by atoms with Crippen LogP contribution in [-0.2, 0) is 18.1 Å². The Bertz CT molecular complexity index is 807. The summed E-state index contributed by atoms with van der Waals surface area (Å²) in [4.78, 5) is 5.27. The van der Waals surface area contributed by atoms with Gasteiger partial charge >= 0.3 is 6.18 Å². The van der Waals surface area contributed by atoms with Crippen molar-refractivity contribution in [1.82, 2.24) is 9.78 Å². The topological polar surface area (TPSA) is 48.6 Å². The van der Waals surface area contributed by atoms with Crippen LogP contribution in [-0.4, -0.2) is 28.7 Å². The Morgan fingerprint density at radius 1 is 1.26 bits per heavy atom. The molecule has 0 spiro atoms. The van der Waals surface area contributed by atoms with Crippen molar-refractivity contribution in [3.8, 4) is 5.88 Å². The summed E-state index contributed by atoms with van der Waals surface area (Å²) in [6.07, 6.45) is -2.82. The molecule has 1 aromatic carbocycles. The minimum absolute atomic E-state index is 0.0614. The molecule has 0 radical (unpaired) electrons. The van der Waals surface area contributed by atoms with Crippen LogP contribution in [0.1, 0.15) is 31.0 Å². The predicted molar refractivity (Wildman–Crippen MR) is 97.6 cm³/mol. The summed E-state index contributed by atoms with van der Waals surface area (Å²) < 4.78 is 44.8. The van der Waals surface area contributed by atoms with Gasteiger partial charge < -0.3 is 9.57 Å². The quantitative estimate of drug-likeness (QED) is 0.326. The Morgan fingerprint density at radius 2 is 2.00 bits per heavy atom. The zero-order chi connectivity index (χ0) is 20.0. The van der Waals surface area contributed by atoms with E-state index in [1.165, 1.54) is 13.1 Å². The third kappa shape index (κ3) is 6.04. The molecule has 27 heavy (non-hydrogen) atoms. The molecule has 1 heterocycles. The van der Waals surface area contributed by atoms with Gasteiger partial charge in [0.1, 0.15) is 18.9 Å². The molecule has 0 saturated heterocycles. The molecule has 0 bridgehead atoms. The maximum absolute atomic E-state index is 12.8. The highest BCUT2D eigenvalue weighted by Crippen LogP contribution is 2.30. The standard InChI is InChI=1S/C17H18Cl2F3N3O2/c1-3-4-7-27-24-14(12-6-5-11(18)8-13(12)19)10-26-16-9-15(17(20,21)22)23-25(16)2/h5-6,8-9H,3-4,7,10H2,1-2H3/b24-14+. The first-order valence-electron chi connectivity index (χ1n) is 8.10. The van der Waals surface area contributed by atoms with Crippen molar-refractivity contribution < 1.29 is 22.7 Å². The molecule has 0 aliphatic heterocycles. The average molecular weight is 424 g/mol. The number of nitrogens with zero attached hydrogens (tertiary/aromatic N) is 3. The van der Waals surface area contributed by atoms with Gasteiger partial charge in [-0.1, -0.05) is 41.7 Å². The number of hydrogen-bond acceptors (Lipinski definition) is 4. The molecule has 2 rings (SSSR count). The lowest BCUT2D eigenvalue weighted by Gasteiger charge is -2.11. The van der Waals surface area contributed by atoms with Gasteiger partial charge in [-0.15, -0.1) is 0 Å². The Labute approximate surface area is 164 Å². The van der Waals surface area contributed by atoms with Crippen LogP contribution >= 0.6 is 23.2 Å². The number of alkyl halides is 3. The monoisotopic (exact) mass is 423 g/mol. The molecule has 0 fully saturated rings. The van der Waals surface area contributed by atoms with Crippen molar-refractivity contribution in [2.45, 2.75) is 25.9 Å². The van der Waals surface area contributed by atoms with Crippen LogP contribution < -0.4 is 4.74 Å². The number of ether oxygens (including phenoxy) is 1. The van der Waals surface area contributed by atoms with Crippen molar-refractivity contribution >= 4 is 28.9 Å². The summed E-state index contributed by atoms with van der Waals surface area (Å²) in [6, 6.07) is 5.61. The highest BCUT2D eigenvalue weighted by Gasteiger charge is 2.35. The predicted octanol–water partition coefficient (Wildman–Crippen LogP) is 5.35. The second-order valence-electron chi connectivity index (χ2n) is 5.63. The number of benzene rings is 1. The van der Waals surface area contributed by atoms with E-state index in [-0.39, 0.29) is 12.5 Å². The van der Waals surface area contributed by atoms with Gasteiger partial charge in [-0.25, -0.2) is 4.68 Å². The molecule has 0 N–H and O–H groups in total. The second kappa shape index (κ2) is 9.32. The third-order valence-electron chi connectivity index (χ3n) is 3.49. The van der Waals surface area contributed by atoms with E-state index in [0.717, 1.165) is 23.6 Å². The maximum atomic E-state index is 12.8. The fourth-order valence-electron chi connectivity index (χ4n) is 2.08. The van der Waals surface area contributed by atoms with Gasteiger partial charge in [0.05, 0.1) is 5.02 Å². The van der Waals surface area contributed by atoms with Gasteiger partial charge in [0.25, 0.3) is 0 Å². The summed E-state index contributed by atoms with van der Waals surface area (Å²) in [5.74, 6) is -0.0614. The molecule has 5 nitrogen and oxygen atoms in total. The smallest absolute Gasteiger partial charge is 0.435 e. The molecular formula is C17H18Cl2F3N3O2. The first-order chi connectivity index (χ1) is 12.7. The Balaban J connectivity index is 2.21. The van der Waals surface area contributed by atoms with E-state index in [1.807, 2.05) is 6.92 Å². The molecule has 0 amide bonds. The molecule has 1 aromatic heterocycles. The fraction of sp³-hybridized carbons (Fsp3) is 0.412. The Hall–Kier alpha value is -1.93. The van der Waals surface area contributed by atoms with Gasteiger partial charge in [0.2, 0.25) is 5.88 Å². The number of aromatic nitrogens is 2. The van der Waals surface area contributed by atoms with Crippen LogP contribution in [0.3, 0.4) is 0 Å². The Morgan fingerprint density at radius 3 is 2.59 bits per heavy atom. The number of hydrogen-bond donors (Lipinski definition) is 0. The molecule has 2 aromatic rings. The van der Waals surface area contributed by atoms with Gasteiger partial charge in [-0.2, -0.15) is 18.3 Å². The number of rotatable bonds is 8. The number of aryl methyl sites for hydroxylation is 1. The normalized spacial score (nSPS) is 12.3. The Kier molecular flexibility index (Phi) is 7.38. The largest absolute Gasteiger partial charge is 0.471 e. The molecule has 148 valence electrons. The highest BCUT2D eigenvalue weighted by molar-refractivity contribution is 6.37. The zero-order valence-electron chi connectivity index (χ0n) is 14.7. The van der Waals surface area contributed by atoms with Gasteiger partial charge in [0, 0.05) is 23.7 Å². The van der Waals surface area contributed by atoms with Crippen molar-refractivity contribution in [2.75, 3.05) is 13.2 Å². The summed E-state index contributed by atoms with van der Waals surface area (Å²) in [7, 11) is 1.36. The SMILES string of the molecule is CCCCO/N=C(\COc1cc(C(F)(F)F)nn1C)c1ccc(Cl)cc1Cl. The second-order valence-corrected chi connectivity index (χ2v) is 6.47. The van der Waals surface area contributed by atoms with Crippen molar-refractivity contribution in [2.24, 2.45) is 12.2 Å². The molecule has 0 aliphatic carbocycles. The maximum Gasteiger partial charge on any atom is 0.435 e. The number of oxime groups is 1. The molecule has 10 heteroatoms. The lowest BCUT2D eigenvalue weighted by molar-refractivity contribution is -0.141. The lowest BCUT2D eigenvalue weighted by atomic mass is 10.1. The van der Waals surface area contributed by atoms with E-state index in [1.54, 1.807) is 12.1 Å². The van der Waals surface area contributed by atoms with Crippen LogP contribution in [0.5, 0.6) is 5.88 Å². The van der Waals surface area contributed by atoms with E-state index in [4.69, 9.17) is 32.8 Å². The summed E-state index contributed by atoms with van der Waals surface area (Å²) in [5.41, 5.74) is -0.208. The van der Waals surface area contributed by atoms with Crippen molar-refractivity contribution in [1.29, 1.82) is 0 Å². The van der Waals surface area contributed by atoms with E-state index < -0.39 is 11.9 Å². The van der Waals surface area contributed by atoms with Crippen LogP contribution in [0, 0.1) is 0 Å². The first kappa shape index (κ1) is 21.4. The minimum Gasteiger partial charge on any atom is -0.471 e. The van der Waals surface area contributed by atoms with E-state index in [0.29, 0.717) is 27.9 Å². The van der Waals surface area contributed by atoms with E-state index in [9.17, 15) is 13.2 Å². The molecule has 0 atom stereocenters. The lowest BCUT2D eigenvalue weighted by Crippen LogP contribution is -2.16. The number of unbranched alkanes of at least 4 members (excludes halogenated alkanes) is 1. The van der Waals surface area contributed by atoms with Crippen LogP contribution in [0.15, 0.2) is 29.4 Å². The van der Waals surface area contributed by atoms with Crippen LogP contribution in [0.4, 0.5) is 13.2 Å². The van der Waals surface area contributed by atoms with Gasteiger partial charge in [-0.05, 0) is 24.6 Å². The molecule has 0 unspecified atom stereocenters. The number of halogens is 5.